The van der Waals surface area contributed by atoms with Gasteiger partial charge < -0.3 is 18.7 Å². The molecule has 0 atom stereocenters. The molecule has 1 heterocycles. The lowest BCUT2D eigenvalue weighted by Crippen LogP contribution is -2.40. The van der Waals surface area contributed by atoms with Crippen molar-refractivity contribution in [3.8, 4) is 5.75 Å². The zero-order valence-electron chi connectivity index (χ0n) is 16.4. The van der Waals surface area contributed by atoms with Crippen molar-refractivity contribution in [1.29, 1.82) is 0 Å². The zero-order chi connectivity index (χ0) is 20.2. The lowest BCUT2D eigenvalue weighted by molar-refractivity contribution is 0.0643. The van der Waals surface area contributed by atoms with Crippen molar-refractivity contribution in [2.45, 2.75) is 52.1 Å². The van der Waals surface area contributed by atoms with Crippen molar-refractivity contribution < 1.29 is 23.5 Å². The van der Waals surface area contributed by atoms with Gasteiger partial charge in [0.25, 0.3) is 5.76 Å². The molecule has 2 rings (SSSR count). The van der Waals surface area contributed by atoms with Crippen LogP contribution in [0.4, 0.5) is 0 Å². The topological polar surface area (TPSA) is 86.0 Å². The largest absolute Gasteiger partial charge is 0.481 e. The van der Waals surface area contributed by atoms with Gasteiger partial charge in [-0.1, -0.05) is 51.1 Å². The van der Waals surface area contributed by atoms with Crippen LogP contribution in [-0.4, -0.2) is 19.4 Å². The van der Waals surface area contributed by atoms with Gasteiger partial charge in [0.15, 0.2) is 8.32 Å². The van der Waals surface area contributed by atoms with Gasteiger partial charge in [-0.15, -0.1) is 0 Å². The molecule has 0 bridgehead atoms. The fourth-order valence-electron chi connectivity index (χ4n) is 2.08. The van der Waals surface area contributed by atoms with Crippen LogP contribution in [0.5, 0.6) is 5.75 Å². The Labute approximate surface area is 159 Å². The maximum Gasteiger partial charge on any atom is 0.375 e. The van der Waals surface area contributed by atoms with Crippen molar-refractivity contribution in [3.63, 3.8) is 0 Å². The van der Waals surface area contributed by atoms with Crippen LogP contribution in [0.1, 0.15) is 42.6 Å². The monoisotopic (exact) mass is 390 g/mol. The van der Waals surface area contributed by atoms with Gasteiger partial charge in [0.1, 0.15) is 12.4 Å². The molecule has 0 radical (unpaired) electrons. The van der Waals surface area contributed by atoms with Crippen molar-refractivity contribution in [3.05, 3.63) is 63.7 Å². The molecular weight excluding hydrogens is 364 g/mol. The first kappa shape index (κ1) is 20.9. The van der Waals surface area contributed by atoms with E-state index in [-0.39, 0.29) is 29.8 Å². The fourth-order valence-corrected chi connectivity index (χ4v) is 3.01. The molecule has 0 saturated carbocycles. The second-order valence-electron chi connectivity index (χ2n) is 7.86. The molecule has 1 aromatic heterocycles. The number of rotatable bonds is 7. The quantitative estimate of drug-likeness (QED) is 0.704. The van der Waals surface area contributed by atoms with Crippen molar-refractivity contribution in [2.24, 2.45) is 0 Å². The van der Waals surface area contributed by atoms with E-state index in [0.717, 1.165) is 5.56 Å². The Hall–Kier alpha value is -2.38. The Morgan fingerprint density at radius 1 is 1.15 bits per heavy atom. The lowest BCUT2D eigenvalue weighted by Gasteiger charge is -2.35. The Balaban J connectivity index is 2.23. The van der Waals surface area contributed by atoms with Crippen LogP contribution in [0.2, 0.25) is 18.1 Å². The summed E-state index contributed by atoms with van der Waals surface area (Å²) in [7, 11) is -2.06. The van der Waals surface area contributed by atoms with Crippen LogP contribution in [0, 0.1) is 0 Å². The molecule has 0 aliphatic rings. The zero-order valence-corrected chi connectivity index (χ0v) is 17.4. The lowest BCUT2D eigenvalue weighted by atomic mass is 10.2. The minimum atomic E-state index is -2.06. The summed E-state index contributed by atoms with van der Waals surface area (Å²) in [5.74, 6) is -1.99. The Kier molecular flexibility index (Phi) is 6.28. The Morgan fingerprint density at radius 3 is 2.33 bits per heavy atom. The predicted molar refractivity (Wildman–Crippen MR) is 105 cm³/mol. The first-order valence-electron chi connectivity index (χ1n) is 8.72. The van der Waals surface area contributed by atoms with Gasteiger partial charge in [0, 0.05) is 6.07 Å². The number of carboxylic acids is 1. The van der Waals surface area contributed by atoms with Gasteiger partial charge in [-0.3, -0.25) is 4.79 Å². The minimum absolute atomic E-state index is 0.0122. The number of hydrogen-bond acceptors (Lipinski definition) is 5. The number of hydrogen-bond donors (Lipinski definition) is 1. The van der Waals surface area contributed by atoms with Crippen LogP contribution < -0.4 is 10.2 Å². The van der Waals surface area contributed by atoms with Crippen molar-refractivity contribution in [2.75, 3.05) is 0 Å². The molecule has 0 spiro atoms. The number of carboxylic acid groups (broad SMARTS) is 1. The highest BCUT2D eigenvalue weighted by atomic mass is 28.4. The molecule has 6 nitrogen and oxygen atoms in total. The number of benzene rings is 1. The van der Waals surface area contributed by atoms with E-state index in [0.29, 0.717) is 0 Å². The van der Waals surface area contributed by atoms with Crippen LogP contribution in [0.25, 0.3) is 0 Å². The average Bonchev–Trinajstić information content (AvgIpc) is 2.58. The third-order valence-corrected chi connectivity index (χ3v) is 9.24. The summed E-state index contributed by atoms with van der Waals surface area (Å²) in [5.41, 5.74) is 0.280. The minimum Gasteiger partial charge on any atom is -0.481 e. The van der Waals surface area contributed by atoms with Gasteiger partial charge in [0.05, 0.1) is 6.61 Å². The average molecular weight is 391 g/mol. The van der Waals surface area contributed by atoms with E-state index in [1.165, 1.54) is 6.07 Å². The van der Waals surface area contributed by atoms with Gasteiger partial charge in [0.2, 0.25) is 11.2 Å². The van der Waals surface area contributed by atoms with Gasteiger partial charge >= 0.3 is 5.97 Å². The molecule has 0 amide bonds. The second kappa shape index (κ2) is 8.10. The molecule has 146 valence electrons. The fraction of sp³-hybridized carbons (Fsp3) is 0.400. The van der Waals surface area contributed by atoms with E-state index in [1.807, 2.05) is 30.3 Å². The molecule has 0 unspecified atom stereocenters. The Bertz CT molecular complexity index is 849. The second-order valence-corrected chi connectivity index (χ2v) is 12.7. The molecule has 0 fully saturated rings. The maximum absolute atomic E-state index is 12.4. The van der Waals surface area contributed by atoms with E-state index < -0.39 is 25.5 Å². The first-order valence-corrected chi connectivity index (χ1v) is 11.6. The summed E-state index contributed by atoms with van der Waals surface area (Å²) in [4.78, 5) is 24.0. The molecule has 1 aromatic carbocycles. The normalized spacial score (nSPS) is 12.0. The summed E-state index contributed by atoms with van der Waals surface area (Å²) in [6.45, 7) is 10.5. The van der Waals surface area contributed by atoms with Crippen LogP contribution in [-0.2, 0) is 17.6 Å². The van der Waals surface area contributed by atoms with E-state index in [2.05, 4.69) is 33.9 Å². The van der Waals surface area contributed by atoms with Gasteiger partial charge in [-0.2, -0.15) is 0 Å². The standard InChI is InChI=1S/C20H26O6Si/c1-20(2,3)27(4,5)25-13-15-11-16(21)17(18(26-15)19(22)23)24-12-14-9-7-6-8-10-14/h6-11H,12-13H2,1-5H3,(H,22,23). The van der Waals surface area contributed by atoms with Crippen LogP contribution in [0.3, 0.4) is 0 Å². The molecule has 1 N–H and O–H groups in total. The molecule has 7 heteroatoms. The van der Waals surface area contributed by atoms with Gasteiger partial charge in [-0.05, 0) is 23.7 Å². The summed E-state index contributed by atoms with van der Waals surface area (Å²) in [6, 6.07) is 10.4. The molecular formula is C20H26O6Si. The van der Waals surface area contributed by atoms with E-state index in [4.69, 9.17) is 13.6 Å². The van der Waals surface area contributed by atoms with Crippen molar-refractivity contribution >= 4 is 14.3 Å². The molecule has 0 aliphatic heterocycles. The number of carbonyl (C=O) groups is 1. The molecule has 2 aromatic rings. The third-order valence-electron chi connectivity index (χ3n) is 4.76. The first-order chi connectivity index (χ1) is 12.5. The van der Waals surface area contributed by atoms with E-state index in [9.17, 15) is 14.7 Å². The highest BCUT2D eigenvalue weighted by Gasteiger charge is 2.37. The SMILES string of the molecule is CC(C)(C)[Si](C)(C)OCc1cc(=O)c(OCc2ccccc2)c(C(=O)O)o1. The number of aromatic carboxylic acids is 1. The van der Waals surface area contributed by atoms with Crippen molar-refractivity contribution in [1.82, 2.24) is 0 Å². The van der Waals surface area contributed by atoms with Gasteiger partial charge in [-0.25, -0.2) is 4.79 Å². The summed E-state index contributed by atoms with van der Waals surface area (Å²) in [5, 5.41) is 9.41. The molecule has 27 heavy (non-hydrogen) atoms. The van der Waals surface area contributed by atoms with E-state index >= 15 is 0 Å². The molecule has 0 aliphatic carbocycles. The maximum atomic E-state index is 12.4. The highest BCUT2D eigenvalue weighted by molar-refractivity contribution is 6.74. The summed E-state index contributed by atoms with van der Waals surface area (Å²) in [6.07, 6.45) is 0. The van der Waals surface area contributed by atoms with Crippen LogP contribution >= 0.6 is 0 Å². The van der Waals surface area contributed by atoms with E-state index in [1.54, 1.807) is 0 Å². The highest BCUT2D eigenvalue weighted by Crippen LogP contribution is 2.37. The van der Waals surface area contributed by atoms with Crippen LogP contribution in [0.15, 0.2) is 45.6 Å². The smallest absolute Gasteiger partial charge is 0.375 e. The Morgan fingerprint density at radius 2 is 1.78 bits per heavy atom. The number of ether oxygens (including phenoxy) is 1. The third kappa shape index (κ3) is 5.30. The predicted octanol–water partition coefficient (Wildman–Crippen LogP) is 4.44. The summed E-state index contributed by atoms with van der Waals surface area (Å²) >= 11 is 0. The molecule has 0 saturated heterocycles. The summed E-state index contributed by atoms with van der Waals surface area (Å²) < 4.78 is 16.9.